The second-order valence-electron chi connectivity index (χ2n) is 7.34. The van der Waals surface area contributed by atoms with Crippen molar-refractivity contribution in [1.82, 2.24) is 9.55 Å². The van der Waals surface area contributed by atoms with Gasteiger partial charge in [0.2, 0.25) is 5.91 Å². The summed E-state index contributed by atoms with van der Waals surface area (Å²) in [6.45, 7) is 3.82. The molecule has 5 nitrogen and oxygen atoms in total. The summed E-state index contributed by atoms with van der Waals surface area (Å²) in [6, 6.07) is 22.7. The van der Waals surface area contributed by atoms with Gasteiger partial charge in [-0.1, -0.05) is 53.7 Å². The van der Waals surface area contributed by atoms with E-state index in [4.69, 9.17) is 4.98 Å². The van der Waals surface area contributed by atoms with Crippen LogP contribution in [0, 0.1) is 6.92 Å². The Morgan fingerprint density at radius 2 is 1.69 bits per heavy atom. The number of carbonyl (C=O) groups is 1. The van der Waals surface area contributed by atoms with Crippen LogP contribution < -0.4 is 10.9 Å². The fourth-order valence-electron chi connectivity index (χ4n) is 3.31. The summed E-state index contributed by atoms with van der Waals surface area (Å²) < 4.78 is 1.59. The Morgan fingerprint density at radius 1 is 1.00 bits per heavy atom. The Balaban J connectivity index is 1.71. The number of hydrogen-bond acceptors (Lipinski definition) is 5. The van der Waals surface area contributed by atoms with E-state index < -0.39 is 5.25 Å². The van der Waals surface area contributed by atoms with Gasteiger partial charge in [-0.3, -0.25) is 14.2 Å². The van der Waals surface area contributed by atoms with Crippen LogP contribution in [0.3, 0.4) is 0 Å². The number of aromatic nitrogens is 2. The van der Waals surface area contributed by atoms with E-state index in [9.17, 15) is 9.59 Å². The molecule has 0 bridgehead atoms. The first-order valence-electron chi connectivity index (χ1n) is 10.2. The Bertz CT molecular complexity index is 1330. The number of hydrogen-bond donors (Lipinski definition) is 1. The third-order valence-corrected chi connectivity index (χ3v) is 6.90. The third kappa shape index (κ3) is 4.59. The van der Waals surface area contributed by atoms with E-state index in [1.165, 1.54) is 11.8 Å². The highest BCUT2D eigenvalue weighted by Crippen LogP contribution is 2.28. The van der Waals surface area contributed by atoms with Crippen molar-refractivity contribution in [2.75, 3.05) is 11.6 Å². The minimum absolute atomic E-state index is 0.144. The number of fused-ring (bicyclic) bond motifs is 1. The van der Waals surface area contributed by atoms with Crippen LogP contribution >= 0.6 is 23.5 Å². The molecule has 0 fully saturated rings. The predicted molar refractivity (Wildman–Crippen MR) is 134 cm³/mol. The van der Waals surface area contributed by atoms with Crippen molar-refractivity contribution >= 4 is 46.0 Å². The highest BCUT2D eigenvalue weighted by atomic mass is 32.2. The summed E-state index contributed by atoms with van der Waals surface area (Å²) in [5.74, 6) is -0.144. The smallest absolute Gasteiger partial charge is 0.266 e. The molecule has 1 amide bonds. The first kappa shape index (κ1) is 22.2. The standard InChI is InChI=1S/C25H23N3O2S2/c1-16-12-14-18(15-13-16)28-24(30)19-8-4-5-9-20(19)27-25(28)32-17(2)23(29)26-21-10-6-7-11-22(21)31-3/h4-15,17H,1-3H3,(H,26,29). The summed E-state index contributed by atoms with van der Waals surface area (Å²) in [5, 5.41) is 3.57. The molecule has 162 valence electrons. The number of nitrogens with zero attached hydrogens (tertiary/aromatic N) is 2. The molecule has 1 unspecified atom stereocenters. The van der Waals surface area contributed by atoms with Crippen molar-refractivity contribution in [3.63, 3.8) is 0 Å². The number of benzene rings is 3. The fourth-order valence-corrected chi connectivity index (χ4v) is 4.79. The second-order valence-corrected chi connectivity index (χ2v) is 9.49. The summed E-state index contributed by atoms with van der Waals surface area (Å²) in [4.78, 5) is 32.1. The Hall–Kier alpha value is -3.03. The van der Waals surface area contributed by atoms with E-state index in [1.807, 2.05) is 86.8 Å². The van der Waals surface area contributed by atoms with Gasteiger partial charge >= 0.3 is 0 Å². The Morgan fingerprint density at radius 3 is 2.44 bits per heavy atom. The van der Waals surface area contributed by atoms with E-state index in [-0.39, 0.29) is 11.5 Å². The number of aryl methyl sites for hydroxylation is 1. The molecule has 1 heterocycles. The lowest BCUT2D eigenvalue weighted by Crippen LogP contribution is -2.26. The lowest BCUT2D eigenvalue weighted by molar-refractivity contribution is -0.115. The minimum Gasteiger partial charge on any atom is -0.324 e. The molecule has 0 aliphatic rings. The molecule has 1 N–H and O–H groups in total. The van der Waals surface area contributed by atoms with Gasteiger partial charge in [-0.15, -0.1) is 11.8 Å². The number of carbonyl (C=O) groups excluding carboxylic acids is 1. The van der Waals surface area contributed by atoms with Crippen LogP contribution in [-0.4, -0.2) is 27.0 Å². The molecular weight excluding hydrogens is 438 g/mol. The monoisotopic (exact) mass is 461 g/mol. The predicted octanol–water partition coefficient (Wildman–Crippen LogP) is 5.54. The van der Waals surface area contributed by atoms with Gasteiger partial charge in [0.1, 0.15) is 0 Å². The largest absolute Gasteiger partial charge is 0.324 e. The van der Waals surface area contributed by atoms with Crippen molar-refractivity contribution < 1.29 is 4.79 Å². The van der Waals surface area contributed by atoms with Crippen molar-refractivity contribution in [1.29, 1.82) is 0 Å². The lowest BCUT2D eigenvalue weighted by Gasteiger charge is -2.17. The zero-order valence-electron chi connectivity index (χ0n) is 18.0. The molecule has 0 spiro atoms. The number of nitrogens with one attached hydrogen (secondary N) is 1. The molecule has 1 aromatic heterocycles. The van der Waals surface area contributed by atoms with Crippen LogP contribution in [0.15, 0.2) is 87.6 Å². The first-order chi connectivity index (χ1) is 15.5. The van der Waals surface area contributed by atoms with Gasteiger partial charge < -0.3 is 5.32 Å². The summed E-state index contributed by atoms with van der Waals surface area (Å²) in [7, 11) is 0. The number of amides is 1. The van der Waals surface area contributed by atoms with Gasteiger partial charge in [-0.2, -0.15) is 0 Å². The molecule has 0 radical (unpaired) electrons. The molecule has 0 saturated heterocycles. The highest BCUT2D eigenvalue weighted by molar-refractivity contribution is 8.00. The zero-order valence-corrected chi connectivity index (χ0v) is 19.7. The van der Waals surface area contributed by atoms with Crippen molar-refractivity contribution in [3.8, 4) is 5.69 Å². The average molecular weight is 462 g/mol. The number of para-hydroxylation sites is 2. The lowest BCUT2D eigenvalue weighted by atomic mass is 10.2. The van der Waals surface area contributed by atoms with E-state index in [2.05, 4.69) is 5.32 Å². The molecular formula is C25H23N3O2S2. The maximum atomic E-state index is 13.4. The average Bonchev–Trinajstić information content (AvgIpc) is 2.80. The molecule has 0 saturated carbocycles. The molecule has 3 aromatic carbocycles. The molecule has 1 atom stereocenters. The molecule has 7 heteroatoms. The zero-order chi connectivity index (χ0) is 22.7. The normalized spacial score (nSPS) is 12.0. The van der Waals surface area contributed by atoms with Crippen molar-refractivity contribution in [3.05, 3.63) is 88.7 Å². The van der Waals surface area contributed by atoms with Crippen LogP contribution in [0.1, 0.15) is 12.5 Å². The third-order valence-electron chi connectivity index (χ3n) is 5.05. The summed E-state index contributed by atoms with van der Waals surface area (Å²) in [6.07, 6.45) is 1.97. The van der Waals surface area contributed by atoms with Crippen LogP contribution in [0.5, 0.6) is 0 Å². The van der Waals surface area contributed by atoms with Crippen LogP contribution in [0.4, 0.5) is 5.69 Å². The number of rotatable bonds is 6. The van der Waals surface area contributed by atoms with E-state index in [0.29, 0.717) is 16.1 Å². The van der Waals surface area contributed by atoms with E-state index >= 15 is 0 Å². The quantitative estimate of drug-likeness (QED) is 0.302. The Labute approximate surface area is 195 Å². The maximum absolute atomic E-state index is 13.4. The summed E-state index contributed by atoms with van der Waals surface area (Å²) >= 11 is 2.85. The first-order valence-corrected chi connectivity index (χ1v) is 12.3. The van der Waals surface area contributed by atoms with Gasteiger partial charge in [0, 0.05) is 4.90 Å². The van der Waals surface area contributed by atoms with Crippen LogP contribution in [0.2, 0.25) is 0 Å². The molecule has 0 aliphatic carbocycles. The Kier molecular flexibility index (Phi) is 6.67. The van der Waals surface area contributed by atoms with Crippen LogP contribution in [-0.2, 0) is 4.79 Å². The van der Waals surface area contributed by atoms with Gasteiger partial charge in [-0.05, 0) is 56.5 Å². The molecule has 32 heavy (non-hydrogen) atoms. The topological polar surface area (TPSA) is 64.0 Å². The summed E-state index contributed by atoms with van der Waals surface area (Å²) in [5.41, 5.74) is 3.07. The molecule has 0 aliphatic heterocycles. The van der Waals surface area contributed by atoms with Gasteiger partial charge in [0.25, 0.3) is 5.56 Å². The van der Waals surface area contributed by atoms with E-state index in [1.54, 1.807) is 22.4 Å². The number of thioether (sulfide) groups is 2. The molecule has 4 aromatic rings. The highest BCUT2D eigenvalue weighted by Gasteiger charge is 2.21. The van der Waals surface area contributed by atoms with Crippen molar-refractivity contribution in [2.24, 2.45) is 0 Å². The maximum Gasteiger partial charge on any atom is 0.266 e. The minimum atomic E-state index is -0.463. The van der Waals surface area contributed by atoms with Gasteiger partial charge in [0.15, 0.2) is 5.16 Å². The second kappa shape index (κ2) is 9.63. The van der Waals surface area contributed by atoms with Gasteiger partial charge in [0.05, 0.1) is 27.5 Å². The molecule has 4 rings (SSSR count). The number of anilines is 1. The van der Waals surface area contributed by atoms with Crippen molar-refractivity contribution in [2.45, 2.75) is 29.1 Å². The fraction of sp³-hybridized carbons (Fsp3) is 0.160. The van der Waals surface area contributed by atoms with E-state index in [0.717, 1.165) is 21.8 Å². The van der Waals surface area contributed by atoms with Crippen LogP contribution in [0.25, 0.3) is 16.6 Å². The van der Waals surface area contributed by atoms with Gasteiger partial charge in [-0.25, -0.2) is 4.98 Å². The SMILES string of the molecule is CSc1ccccc1NC(=O)C(C)Sc1nc2ccccc2c(=O)n1-c1ccc(C)cc1.